The Kier molecular flexibility index (Phi) is 5.29. The van der Waals surface area contributed by atoms with E-state index in [0.29, 0.717) is 0 Å². The van der Waals surface area contributed by atoms with Gasteiger partial charge in [-0.2, -0.15) is 0 Å². The molecule has 0 aliphatic heterocycles. The monoisotopic (exact) mass is 249 g/mol. The van der Waals surface area contributed by atoms with Gasteiger partial charge < -0.3 is 15.3 Å². The number of phenols is 1. The normalized spacial score (nSPS) is 8.47. The molecule has 15 heavy (non-hydrogen) atoms. The van der Waals surface area contributed by atoms with Gasteiger partial charge in [0.1, 0.15) is 5.75 Å². The molecule has 1 rings (SSSR count). The predicted octanol–water partition coefficient (Wildman–Crippen LogP) is 0.667. The summed E-state index contributed by atoms with van der Waals surface area (Å²) >= 11 is 1.06. The third kappa shape index (κ3) is 3.93. The molecule has 0 aliphatic carbocycles. The summed E-state index contributed by atoms with van der Waals surface area (Å²) in [7, 11) is 0. The van der Waals surface area contributed by atoms with Crippen LogP contribution in [0.2, 0.25) is 0 Å². The molecule has 79 valence electrons. The molecule has 0 aliphatic rings. The van der Waals surface area contributed by atoms with Crippen LogP contribution < -0.4 is 0 Å². The van der Waals surface area contributed by atoms with Crippen LogP contribution in [-0.2, 0) is 21.0 Å². The average molecular weight is 249 g/mol. The number of carboxylic acids is 2. The van der Waals surface area contributed by atoms with E-state index in [9.17, 15) is 9.59 Å². The molecule has 3 N–H and O–H groups in total. The number of hydrogen-bond acceptors (Lipinski definition) is 4. The van der Waals surface area contributed by atoms with Crippen LogP contribution in [0.4, 0.5) is 0 Å². The molecule has 0 saturated heterocycles. The first-order chi connectivity index (χ1) is 7.00. The molecule has 0 radical (unpaired) electrons. The Balaban J connectivity index is 0.000000921. The molecule has 0 unspecified atom stereocenters. The van der Waals surface area contributed by atoms with Gasteiger partial charge in [-0.3, -0.25) is 0 Å². The summed E-state index contributed by atoms with van der Waals surface area (Å²) in [4.78, 5) is 20.8. The number of benzene rings is 1. The van der Waals surface area contributed by atoms with Gasteiger partial charge in [0.15, 0.2) is 0 Å². The van der Waals surface area contributed by atoms with Crippen molar-refractivity contribution in [3.63, 3.8) is 0 Å². The Bertz CT molecular complexity index is 356. The second kappa shape index (κ2) is 5.95. The van der Waals surface area contributed by atoms with E-state index in [1.165, 1.54) is 0 Å². The fourth-order valence-corrected chi connectivity index (χ4v) is 0.858. The molecule has 0 spiro atoms. The van der Waals surface area contributed by atoms with Gasteiger partial charge in [-0.25, -0.2) is 9.59 Å². The van der Waals surface area contributed by atoms with Crippen molar-refractivity contribution in [2.75, 3.05) is 0 Å². The molecule has 1 aromatic carbocycles. The molecule has 0 heterocycles. The second-order valence-electron chi connectivity index (χ2n) is 2.38. The van der Waals surface area contributed by atoms with Gasteiger partial charge >= 0.3 is 33.0 Å². The maximum atomic E-state index is 10.4. The molecule has 0 amide bonds. The summed E-state index contributed by atoms with van der Waals surface area (Å²) in [6.45, 7) is 0. The van der Waals surface area contributed by atoms with Crippen LogP contribution >= 0.6 is 0 Å². The van der Waals surface area contributed by atoms with Crippen molar-refractivity contribution in [1.29, 1.82) is 0 Å². The van der Waals surface area contributed by atoms with E-state index in [2.05, 4.69) is 0 Å². The van der Waals surface area contributed by atoms with Crippen molar-refractivity contribution in [3.8, 4) is 5.75 Å². The number of rotatable bonds is 2. The standard InChI is InChI=1S/C8H6O5.O.V/c9-6-2-4(7(10)11)1-5(3-6)8(12)13;;/h1-3,9H,(H,10,11)(H,12,13);;. The van der Waals surface area contributed by atoms with Crippen LogP contribution in [0.5, 0.6) is 5.75 Å². The molecule has 0 aromatic heterocycles. The summed E-state index contributed by atoms with van der Waals surface area (Å²) in [6, 6.07) is 2.94. The SMILES string of the molecule is O=C(O)c1cc(O)cc(C(=O)O)c1.[O]=[V]. The van der Waals surface area contributed by atoms with Crippen molar-refractivity contribution in [1.82, 2.24) is 0 Å². The predicted molar refractivity (Wildman–Crippen MR) is 42.7 cm³/mol. The molecule has 0 saturated carbocycles. The molecule has 1 aromatic rings. The fraction of sp³-hybridized carbons (Fsp3) is 0. The molecular formula is C8H6O6V. The Hall–Kier alpha value is -1.66. The van der Waals surface area contributed by atoms with E-state index in [0.717, 1.165) is 35.6 Å². The number of aromatic hydroxyl groups is 1. The maximum absolute atomic E-state index is 10.4. The van der Waals surface area contributed by atoms with Crippen molar-refractivity contribution >= 4 is 11.9 Å². The molecule has 0 bridgehead atoms. The number of hydrogen-bond donors (Lipinski definition) is 3. The van der Waals surface area contributed by atoms with Crippen molar-refractivity contribution < 1.29 is 46.0 Å². The van der Waals surface area contributed by atoms with Crippen LogP contribution in [0.15, 0.2) is 18.2 Å². The molecular weight excluding hydrogens is 243 g/mol. The third-order valence-corrected chi connectivity index (χ3v) is 1.41. The van der Waals surface area contributed by atoms with Crippen LogP contribution in [0.3, 0.4) is 0 Å². The Morgan fingerprint density at radius 3 is 1.53 bits per heavy atom. The summed E-state index contributed by atoms with van der Waals surface area (Å²) in [6.07, 6.45) is 0. The topological polar surface area (TPSA) is 112 Å². The van der Waals surface area contributed by atoms with Crippen molar-refractivity contribution in [3.05, 3.63) is 29.3 Å². The zero-order valence-electron chi connectivity index (χ0n) is 7.25. The van der Waals surface area contributed by atoms with Gasteiger partial charge in [0.05, 0.1) is 11.1 Å². The first-order valence-electron chi connectivity index (χ1n) is 3.49. The molecule has 7 heteroatoms. The van der Waals surface area contributed by atoms with E-state index in [4.69, 9.17) is 19.0 Å². The van der Waals surface area contributed by atoms with Crippen molar-refractivity contribution in [2.24, 2.45) is 0 Å². The molecule has 6 nitrogen and oxygen atoms in total. The van der Waals surface area contributed by atoms with E-state index < -0.39 is 11.9 Å². The van der Waals surface area contributed by atoms with Gasteiger partial charge in [0.25, 0.3) is 0 Å². The average Bonchev–Trinajstić information content (AvgIpc) is 2.19. The summed E-state index contributed by atoms with van der Waals surface area (Å²) in [5.74, 6) is -2.94. The van der Waals surface area contributed by atoms with Gasteiger partial charge in [-0.1, -0.05) is 0 Å². The zero-order chi connectivity index (χ0) is 12.0. The van der Waals surface area contributed by atoms with Gasteiger partial charge in [-0.15, -0.1) is 0 Å². The number of aromatic carboxylic acids is 2. The van der Waals surface area contributed by atoms with E-state index >= 15 is 0 Å². The fourth-order valence-electron chi connectivity index (χ4n) is 0.858. The van der Waals surface area contributed by atoms with Gasteiger partial charge in [-0.05, 0) is 18.2 Å². The first kappa shape index (κ1) is 13.3. The Morgan fingerprint density at radius 2 is 1.27 bits per heavy atom. The van der Waals surface area contributed by atoms with Crippen LogP contribution in [0.25, 0.3) is 0 Å². The number of phenolic OH excluding ortho intramolecular Hbond substituents is 1. The number of carbonyl (C=O) groups is 2. The minimum atomic E-state index is -1.28. The van der Waals surface area contributed by atoms with Crippen LogP contribution in [-0.4, -0.2) is 27.3 Å². The second-order valence-corrected chi connectivity index (χ2v) is 2.38. The van der Waals surface area contributed by atoms with E-state index in [1.807, 2.05) is 0 Å². The summed E-state index contributed by atoms with van der Waals surface area (Å²) in [5, 5.41) is 26.0. The van der Waals surface area contributed by atoms with Crippen molar-refractivity contribution in [2.45, 2.75) is 0 Å². The Morgan fingerprint density at radius 1 is 0.933 bits per heavy atom. The number of carboxylic acid groups (broad SMARTS) is 2. The minimum absolute atomic E-state index is 0.252. The summed E-state index contributed by atoms with van der Waals surface area (Å²) < 4.78 is 8.19. The van der Waals surface area contributed by atoms with Crippen LogP contribution in [0, 0.1) is 0 Å². The van der Waals surface area contributed by atoms with Gasteiger partial charge in [0, 0.05) is 0 Å². The molecule has 0 atom stereocenters. The quantitative estimate of drug-likeness (QED) is 0.710. The van der Waals surface area contributed by atoms with Crippen LogP contribution in [0.1, 0.15) is 20.7 Å². The van der Waals surface area contributed by atoms with E-state index in [-0.39, 0.29) is 16.9 Å². The first-order valence-corrected chi connectivity index (χ1v) is 4.06. The van der Waals surface area contributed by atoms with E-state index in [1.54, 1.807) is 0 Å². The molecule has 0 fully saturated rings. The third-order valence-electron chi connectivity index (χ3n) is 1.41. The van der Waals surface area contributed by atoms with Gasteiger partial charge in [0.2, 0.25) is 0 Å². The Labute approximate surface area is 93.4 Å². The zero-order valence-corrected chi connectivity index (χ0v) is 8.64. The summed E-state index contributed by atoms with van der Waals surface area (Å²) in [5.41, 5.74) is -0.505.